The lowest BCUT2D eigenvalue weighted by molar-refractivity contribution is -0.140. The average Bonchev–Trinajstić information content (AvgIpc) is 3.79. The molecule has 0 aliphatic carbocycles. The zero-order chi connectivity index (χ0) is 37.9. The molecule has 5 rings (SSSR count). The standard InChI is InChI=1S/C39H42IN5O7/c1-8-23-19(2)28-17-32-24(11-13-40)20(3)27(43-32)16-29-21(4)25(9-10-34(48)51-6)37(44-29)26(15-35(49)52-7)38-36(39(50)41-14-12-33(46)47)22(5)30(45-38)18-31(23)42-28/h9-11,13,16-18,21,25,43,45H,8,12,14-15H2,1-7H3,(H,41,50)(H,46,47)/b10-9+,13-11+,27-16?,28-17?,29-16?,30-18?,31-18?,32-17?,37-26?,38-26?/t21-,25-/m0/s1. The molecule has 0 radical (unpaired) electrons. The molecule has 0 spiro atoms. The number of aryl methyl sites for hydroxylation is 2. The van der Waals surface area contributed by atoms with Gasteiger partial charge in [0.15, 0.2) is 0 Å². The molecule has 3 aromatic heterocycles. The van der Waals surface area contributed by atoms with Crippen molar-refractivity contribution in [2.75, 3.05) is 20.8 Å². The Hall–Kier alpha value is -5.05. The van der Waals surface area contributed by atoms with Crippen LogP contribution in [0.25, 0.3) is 39.3 Å². The molecule has 0 fully saturated rings. The summed E-state index contributed by atoms with van der Waals surface area (Å²) in [5, 5.41) is 12.0. The van der Waals surface area contributed by atoms with Crippen LogP contribution in [0.15, 0.2) is 34.4 Å². The van der Waals surface area contributed by atoms with E-state index in [9.17, 15) is 24.3 Å². The maximum absolute atomic E-state index is 14.0. The molecule has 0 unspecified atom stereocenters. The number of carboxylic acid groups (broad SMARTS) is 1. The van der Waals surface area contributed by atoms with Crippen LogP contribution in [0.5, 0.6) is 0 Å². The van der Waals surface area contributed by atoms with Gasteiger partial charge in [0.25, 0.3) is 5.91 Å². The van der Waals surface area contributed by atoms with Crippen molar-refractivity contribution in [1.82, 2.24) is 25.3 Å². The number of aromatic nitrogens is 4. The van der Waals surface area contributed by atoms with Gasteiger partial charge in [0.2, 0.25) is 0 Å². The Kier molecular flexibility index (Phi) is 11.8. The van der Waals surface area contributed by atoms with Gasteiger partial charge in [0.1, 0.15) is 0 Å². The van der Waals surface area contributed by atoms with Crippen molar-refractivity contribution in [2.24, 2.45) is 0 Å². The summed E-state index contributed by atoms with van der Waals surface area (Å²) in [5.41, 5.74) is 10.6. The summed E-state index contributed by atoms with van der Waals surface area (Å²) in [4.78, 5) is 68.0. The first-order valence-corrected chi connectivity index (χ1v) is 18.1. The van der Waals surface area contributed by atoms with Gasteiger partial charge in [0, 0.05) is 57.8 Å². The second kappa shape index (κ2) is 16.1. The highest BCUT2D eigenvalue weighted by Gasteiger charge is 2.32. The van der Waals surface area contributed by atoms with Crippen molar-refractivity contribution < 1.29 is 33.8 Å². The number of carboxylic acids is 1. The SMILES string of the molecule is CCC1=C(C)c2cc3[nH]c(cc4nc(c(CC(=O)OC)c5[nH]c(cc1n2)c(C)c5C(=O)NCCC(=O)O)[C@@H](/C=C/C(=O)OC)[C@@H]4C)c(C)c3/C=C/I. The Morgan fingerprint density at radius 3 is 2.35 bits per heavy atom. The number of halogens is 1. The first kappa shape index (κ1) is 38.2. The summed E-state index contributed by atoms with van der Waals surface area (Å²) < 4.78 is 12.0. The van der Waals surface area contributed by atoms with Crippen molar-refractivity contribution in [2.45, 2.75) is 65.7 Å². The fourth-order valence-electron chi connectivity index (χ4n) is 6.78. The van der Waals surface area contributed by atoms with E-state index >= 15 is 0 Å². The Labute approximate surface area is 315 Å². The number of esters is 2. The van der Waals surface area contributed by atoms with Gasteiger partial charge < -0.3 is 29.9 Å². The molecule has 0 aromatic carbocycles. The largest absolute Gasteiger partial charge is 0.481 e. The topological polar surface area (TPSA) is 176 Å². The minimum atomic E-state index is -1.05. The summed E-state index contributed by atoms with van der Waals surface area (Å²) in [5.74, 6) is -3.48. The van der Waals surface area contributed by atoms with E-state index in [2.05, 4.69) is 44.8 Å². The Bertz CT molecular complexity index is 2230. The monoisotopic (exact) mass is 819 g/mol. The number of hydrogen-bond donors (Lipinski definition) is 4. The van der Waals surface area contributed by atoms with Crippen molar-refractivity contribution in [1.29, 1.82) is 0 Å². The van der Waals surface area contributed by atoms with E-state index < -0.39 is 29.7 Å². The van der Waals surface area contributed by atoms with Gasteiger partial charge in [-0.2, -0.15) is 0 Å². The molecule has 2 aliphatic heterocycles. The number of methoxy groups -OCH3 is 2. The predicted octanol–water partition coefficient (Wildman–Crippen LogP) is 7.21. The molecular formula is C39H42IN5O7. The molecule has 52 heavy (non-hydrogen) atoms. The van der Waals surface area contributed by atoms with Crippen LogP contribution in [0.3, 0.4) is 0 Å². The fraction of sp³-hybridized carbons (Fsp3) is 0.333. The van der Waals surface area contributed by atoms with Gasteiger partial charge in [-0.05, 0) is 77.8 Å². The van der Waals surface area contributed by atoms with Crippen LogP contribution in [-0.4, -0.2) is 69.6 Å². The van der Waals surface area contributed by atoms with E-state index in [1.54, 1.807) is 13.0 Å². The van der Waals surface area contributed by atoms with Crippen molar-refractivity contribution in [3.8, 4) is 0 Å². The molecule has 12 nitrogen and oxygen atoms in total. The first-order valence-electron chi connectivity index (χ1n) is 16.9. The third-order valence-electron chi connectivity index (χ3n) is 9.70. The number of aliphatic carboxylic acids is 1. The zero-order valence-corrected chi connectivity index (χ0v) is 32.4. The number of aromatic amines is 2. The maximum atomic E-state index is 14.0. The molecule has 8 bridgehead atoms. The molecule has 1 amide bonds. The molecule has 272 valence electrons. The molecule has 3 aromatic rings. The van der Waals surface area contributed by atoms with E-state index in [1.165, 1.54) is 20.3 Å². The van der Waals surface area contributed by atoms with E-state index in [1.807, 2.05) is 49.1 Å². The molecule has 2 aliphatic rings. The van der Waals surface area contributed by atoms with Gasteiger partial charge in [-0.1, -0.05) is 42.5 Å². The quantitative estimate of drug-likeness (QED) is 0.0936. The second-order valence-electron chi connectivity index (χ2n) is 12.7. The molecule has 2 atom stereocenters. The van der Waals surface area contributed by atoms with E-state index in [0.717, 1.165) is 44.7 Å². The van der Waals surface area contributed by atoms with Crippen LogP contribution < -0.4 is 5.32 Å². The minimum absolute atomic E-state index is 0.103. The van der Waals surface area contributed by atoms with Gasteiger partial charge in [-0.25, -0.2) is 9.78 Å². The lowest BCUT2D eigenvalue weighted by atomic mass is 9.88. The molecule has 0 saturated heterocycles. The number of carbonyl (C=O) groups is 4. The number of rotatable bonds is 10. The van der Waals surface area contributed by atoms with Gasteiger partial charge >= 0.3 is 17.9 Å². The summed E-state index contributed by atoms with van der Waals surface area (Å²) in [6.07, 6.45) is 5.26. The lowest BCUT2D eigenvalue weighted by Gasteiger charge is -2.14. The number of nitrogens with one attached hydrogen (secondary N) is 3. The fourth-order valence-corrected chi connectivity index (χ4v) is 7.14. The summed E-state index contributed by atoms with van der Waals surface area (Å²) >= 11 is 2.21. The summed E-state index contributed by atoms with van der Waals surface area (Å²) in [6, 6.07) is 5.92. The Morgan fingerprint density at radius 1 is 0.981 bits per heavy atom. The smallest absolute Gasteiger partial charge is 0.330 e. The predicted molar refractivity (Wildman–Crippen MR) is 209 cm³/mol. The number of nitrogens with zero attached hydrogens (tertiary/aromatic N) is 2. The number of H-pyrrole nitrogens is 2. The zero-order valence-electron chi connectivity index (χ0n) is 30.2. The van der Waals surface area contributed by atoms with Crippen LogP contribution in [0.4, 0.5) is 0 Å². The van der Waals surface area contributed by atoms with E-state index in [-0.39, 0.29) is 30.9 Å². The van der Waals surface area contributed by atoms with Crippen LogP contribution in [0, 0.1) is 13.8 Å². The third kappa shape index (κ3) is 7.59. The van der Waals surface area contributed by atoms with Crippen molar-refractivity contribution >= 4 is 85.7 Å². The normalized spacial score (nSPS) is 15.8. The van der Waals surface area contributed by atoms with Gasteiger partial charge in [0.05, 0.1) is 55.2 Å². The average molecular weight is 820 g/mol. The lowest BCUT2D eigenvalue weighted by Crippen LogP contribution is -2.26. The van der Waals surface area contributed by atoms with Crippen molar-refractivity contribution in [3.05, 3.63) is 85.0 Å². The highest BCUT2D eigenvalue weighted by atomic mass is 127. The van der Waals surface area contributed by atoms with Crippen LogP contribution in [0.1, 0.15) is 101 Å². The maximum Gasteiger partial charge on any atom is 0.330 e. The molecule has 4 N–H and O–H groups in total. The van der Waals surface area contributed by atoms with Crippen LogP contribution in [0.2, 0.25) is 0 Å². The van der Waals surface area contributed by atoms with Gasteiger partial charge in [-0.3, -0.25) is 19.4 Å². The number of hydrogen-bond acceptors (Lipinski definition) is 8. The van der Waals surface area contributed by atoms with Gasteiger partial charge in [-0.15, -0.1) is 0 Å². The van der Waals surface area contributed by atoms with E-state index in [0.29, 0.717) is 40.0 Å². The highest BCUT2D eigenvalue weighted by molar-refractivity contribution is 14.1. The first-order chi connectivity index (χ1) is 24.8. The molecule has 13 heteroatoms. The molecular weight excluding hydrogens is 777 g/mol. The van der Waals surface area contributed by atoms with Crippen molar-refractivity contribution in [3.63, 3.8) is 0 Å². The van der Waals surface area contributed by atoms with E-state index in [4.69, 9.17) is 19.4 Å². The number of allylic oxidation sites excluding steroid dienone is 3. The second-order valence-corrected chi connectivity index (χ2v) is 13.4. The third-order valence-corrected chi connectivity index (χ3v) is 10.1. The summed E-state index contributed by atoms with van der Waals surface area (Å²) in [6.45, 7) is 9.82. The minimum Gasteiger partial charge on any atom is -0.481 e. The number of ether oxygens (including phenoxy) is 2. The number of carbonyl (C=O) groups excluding carboxylic acids is 3. The van der Waals surface area contributed by atoms with Crippen LogP contribution in [-0.2, 0) is 30.3 Å². The highest BCUT2D eigenvalue weighted by Crippen LogP contribution is 2.41. The molecule has 0 saturated carbocycles. The van der Waals surface area contributed by atoms with Crippen LogP contribution >= 0.6 is 22.6 Å². The Balaban J connectivity index is 2.02. The summed E-state index contributed by atoms with van der Waals surface area (Å²) in [7, 11) is 2.58. The number of amides is 1. The molecule has 5 heterocycles. The Morgan fingerprint density at radius 2 is 1.69 bits per heavy atom. The number of fused-ring (bicyclic) bond motifs is 8.